The number of rotatable bonds is 10. The number of anilines is 1. The quantitative estimate of drug-likeness (QED) is 0.347. The lowest BCUT2D eigenvalue weighted by Crippen LogP contribution is -2.34. The van der Waals surface area contributed by atoms with Crippen LogP contribution in [-0.4, -0.2) is 54.8 Å². The van der Waals surface area contributed by atoms with E-state index >= 15 is 0 Å². The van der Waals surface area contributed by atoms with Crippen molar-refractivity contribution in [3.63, 3.8) is 0 Å². The number of carboxylic acids is 1. The Bertz CT molecular complexity index is 1390. The van der Waals surface area contributed by atoms with Crippen LogP contribution in [0.15, 0.2) is 53.4 Å². The molecule has 0 saturated carbocycles. The van der Waals surface area contributed by atoms with Crippen molar-refractivity contribution in [2.45, 2.75) is 56.6 Å². The number of carbonyl (C=O) groups is 1. The van der Waals surface area contributed by atoms with Gasteiger partial charge in [0.1, 0.15) is 6.61 Å². The first-order valence-corrected chi connectivity index (χ1v) is 13.9. The van der Waals surface area contributed by atoms with E-state index in [1.807, 2.05) is 32.0 Å². The summed E-state index contributed by atoms with van der Waals surface area (Å²) in [5.74, 6) is -1.28. The van der Waals surface area contributed by atoms with Gasteiger partial charge in [0.15, 0.2) is 0 Å². The maximum atomic E-state index is 13.1. The van der Waals surface area contributed by atoms with Crippen LogP contribution in [0.2, 0.25) is 0 Å². The van der Waals surface area contributed by atoms with Crippen molar-refractivity contribution in [3.05, 3.63) is 65.2 Å². The molecule has 11 heteroatoms. The Morgan fingerprint density at radius 3 is 2.58 bits per heavy atom. The molecule has 2 aromatic carbocycles. The summed E-state index contributed by atoms with van der Waals surface area (Å²) in [6.07, 6.45) is 3.88. The zero-order valence-corrected chi connectivity index (χ0v) is 22.2. The molecular weight excluding hydrogens is 508 g/mol. The molecule has 2 atom stereocenters. The lowest BCUT2D eigenvalue weighted by molar-refractivity contribution is 0.00479. The van der Waals surface area contributed by atoms with Crippen molar-refractivity contribution in [3.8, 4) is 17.1 Å². The van der Waals surface area contributed by atoms with Gasteiger partial charge >= 0.3 is 5.97 Å². The molecule has 1 aromatic heterocycles. The number of hydrogen-bond donors (Lipinski definition) is 3. The van der Waals surface area contributed by atoms with Gasteiger partial charge in [-0.3, -0.25) is 0 Å². The largest absolute Gasteiger partial charge is 0.478 e. The highest BCUT2D eigenvalue weighted by molar-refractivity contribution is 7.92. The minimum Gasteiger partial charge on any atom is -0.478 e. The Labute approximate surface area is 222 Å². The molecule has 1 fully saturated rings. The van der Waals surface area contributed by atoms with Crippen molar-refractivity contribution in [2.75, 3.05) is 17.9 Å². The van der Waals surface area contributed by atoms with Crippen LogP contribution in [-0.2, 0) is 14.8 Å². The Morgan fingerprint density at radius 2 is 1.89 bits per heavy atom. The summed E-state index contributed by atoms with van der Waals surface area (Å²) >= 11 is 0. The second-order valence-corrected chi connectivity index (χ2v) is 11.1. The Balaban J connectivity index is 1.62. The molecular formula is C27H32N4O6S. The molecule has 1 saturated heterocycles. The third-order valence-electron chi connectivity index (χ3n) is 6.34. The van der Waals surface area contributed by atoms with Gasteiger partial charge < -0.3 is 20.3 Å². The van der Waals surface area contributed by atoms with E-state index in [1.54, 1.807) is 6.07 Å². The van der Waals surface area contributed by atoms with Crippen LogP contribution < -0.4 is 15.2 Å². The fourth-order valence-corrected chi connectivity index (χ4v) is 5.45. The van der Waals surface area contributed by atoms with Gasteiger partial charge in [-0.05, 0) is 68.9 Å². The van der Waals surface area contributed by atoms with Crippen molar-refractivity contribution in [2.24, 2.45) is 5.73 Å². The SMILES string of the molecule is Cc1cccc(C)c1-c1cc(OC[C@H](N)C[C@@H]2CCCCO2)nc(NS(=O)(=O)c2cccc(C(=O)O)c2)n1. The second-order valence-electron chi connectivity index (χ2n) is 9.42. The van der Waals surface area contributed by atoms with Gasteiger partial charge in [-0.1, -0.05) is 24.3 Å². The minimum absolute atomic E-state index is 0.0989. The van der Waals surface area contributed by atoms with Gasteiger partial charge in [0.2, 0.25) is 11.8 Å². The van der Waals surface area contributed by atoms with Gasteiger partial charge in [0.25, 0.3) is 10.0 Å². The molecule has 1 aliphatic heterocycles. The highest BCUT2D eigenvalue weighted by Crippen LogP contribution is 2.29. The van der Waals surface area contributed by atoms with Crippen molar-refractivity contribution in [1.82, 2.24) is 9.97 Å². The molecule has 0 radical (unpaired) electrons. The minimum atomic E-state index is -4.19. The number of sulfonamides is 1. The number of aromatic nitrogens is 2. The van der Waals surface area contributed by atoms with Crippen LogP contribution in [0.4, 0.5) is 5.95 Å². The second kappa shape index (κ2) is 11.9. The lowest BCUT2D eigenvalue weighted by Gasteiger charge is -2.25. The standard InChI is InChI=1S/C27H32N4O6S/c1-17-7-5-8-18(2)25(17)23-15-24(37-16-20(28)14-21-10-3-4-12-36-21)30-27(29-23)31-38(34,35)22-11-6-9-19(13-22)26(32)33/h5-9,11,13,15,20-21H,3-4,10,12,14,16,28H2,1-2H3,(H,32,33)(H,29,30,31)/t20-,21+/m1/s1. The van der Waals surface area contributed by atoms with Crippen molar-refractivity contribution < 1.29 is 27.8 Å². The van der Waals surface area contributed by atoms with Crippen LogP contribution in [0, 0.1) is 13.8 Å². The van der Waals surface area contributed by atoms with E-state index in [2.05, 4.69) is 14.7 Å². The summed E-state index contributed by atoms with van der Waals surface area (Å²) in [5.41, 5.74) is 9.34. The number of hydrogen-bond acceptors (Lipinski definition) is 8. The van der Waals surface area contributed by atoms with Crippen molar-refractivity contribution in [1.29, 1.82) is 0 Å². The number of aryl methyl sites for hydroxylation is 2. The molecule has 202 valence electrons. The van der Waals surface area contributed by atoms with Gasteiger partial charge in [-0.25, -0.2) is 22.9 Å². The van der Waals surface area contributed by atoms with Crippen LogP contribution >= 0.6 is 0 Å². The fourth-order valence-electron chi connectivity index (χ4n) is 4.46. The summed E-state index contributed by atoms with van der Waals surface area (Å²) in [6, 6.07) is 12.2. The molecule has 2 heterocycles. The smallest absolute Gasteiger partial charge is 0.335 e. The molecule has 0 spiro atoms. The third-order valence-corrected chi connectivity index (χ3v) is 7.67. The van der Waals surface area contributed by atoms with E-state index in [9.17, 15) is 18.3 Å². The lowest BCUT2D eigenvalue weighted by atomic mass is 10.00. The van der Waals surface area contributed by atoms with E-state index in [4.69, 9.17) is 15.2 Å². The van der Waals surface area contributed by atoms with E-state index in [0.29, 0.717) is 12.1 Å². The number of nitrogens with zero attached hydrogens (tertiary/aromatic N) is 2. The average Bonchev–Trinajstić information content (AvgIpc) is 2.88. The molecule has 0 unspecified atom stereocenters. The Kier molecular flexibility index (Phi) is 8.60. The summed E-state index contributed by atoms with van der Waals surface area (Å²) in [4.78, 5) is 19.8. The summed E-state index contributed by atoms with van der Waals surface area (Å²) in [5, 5.41) is 9.25. The highest BCUT2D eigenvalue weighted by atomic mass is 32.2. The molecule has 4 N–H and O–H groups in total. The maximum Gasteiger partial charge on any atom is 0.335 e. The molecule has 4 rings (SSSR count). The number of aromatic carboxylic acids is 1. The zero-order chi connectivity index (χ0) is 27.3. The van der Waals surface area contributed by atoms with Crippen LogP contribution in [0.1, 0.15) is 47.2 Å². The number of ether oxygens (including phenoxy) is 2. The number of nitrogens with two attached hydrogens (primary N) is 1. The van der Waals surface area contributed by atoms with E-state index in [1.165, 1.54) is 18.2 Å². The molecule has 10 nitrogen and oxygen atoms in total. The first-order chi connectivity index (χ1) is 18.1. The molecule has 1 aliphatic rings. The molecule has 0 bridgehead atoms. The highest BCUT2D eigenvalue weighted by Gasteiger charge is 2.21. The van der Waals surface area contributed by atoms with Gasteiger partial charge in [-0.2, -0.15) is 4.98 Å². The van der Waals surface area contributed by atoms with Gasteiger partial charge in [0, 0.05) is 24.3 Å². The van der Waals surface area contributed by atoms with Gasteiger partial charge in [-0.15, -0.1) is 0 Å². The first kappa shape index (κ1) is 27.5. The van der Waals surface area contributed by atoms with Crippen LogP contribution in [0.25, 0.3) is 11.3 Å². The molecule has 38 heavy (non-hydrogen) atoms. The molecule has 0 aliphatic carbocycles. The predicted octanol–water partition coefficient (Wildman–Crippen LogP) is 3.92. The molecule has 3 aromatic rings. The van der Waals surface area contributed by atoms with E-state index < -0.39 is 16.0 Å². The Morgan fingerprint density at radius 1 is 1.16 bits per heavy atom. The predicted molar refractivity (Wildman–Crippen MR) is 143 cm³/mol. The van der Waals surface area contributed by atoms with Crippen molar-refractivity contribution >= 4 is 21.9 Å². The zero-order valence-electron chi connectivity index (χ0n) is 21.4. The third kappa shape index (κ3) is 6.85. The Hall–Kier alpha value is -3.54. The molecule has 0 amide bonds. The monoisotopic (exact) mass is 540 g/mol. The number of benzene rings is 2. The van der Waals surface area contributed by atoms with Gasteiger partial charge in [0.05, 0.1) is 22.3 Å². The van der Waals surface area contributed by atoms with Crippen LogP contribution in [0.3, 0.4) is 0 Å². The summed E-state index contributed by atoms with van der Waals surface area (Å²) in [7, 11) is -4.19. The summed E-state index contributed by atoms with van der Waals surface area (Å²) in [6.45, 7) is 4.77. The number of nitrogens with one attached hydrogen (secondary N) is 1. The normalized spacial score (nSPS) is 16.6. The fraction of sp³-hybridized carbons (Fsp3) is 0.370. The average molecular weight is 541 g/mol. The number of carboxylic acid groups (broad SMARTS) is 1. The van der Waals surface area contributed by atoms with E-state index in [-0.39, 0.29) is 41.0 Å². The topological polar surface area (TPSA) is 154 Å². The summed E-state index contributed by atoms with van der Waals surface area (Å²) < 4.78 is 40.3. The maximum absolute atomic E-state index is 13.1. The van der Waals surface area contributed by atoms with E-state index in [0.717, 1.165) is 48.6 Å². The first-order valence-electron chi connectivity index (χ1n) is 12.4. The van der Waals surface area contributed by atoms with Crippen LogP contribution in [0.5, 0.6) is 5.88 Å².